The smallest absolute Gasteiger partial charge is 0.240 e. The van der Waals surface area contributed by atoms with Crippen LogP contribution in [-0.4, -0.2) is 37.0 Å². The zero-order valence-electron chi connectivity index (χ0n) is 11.0. The van der Waals surface area contributed by atoms with Crippen molar-refractivity contribution in [3.63, 3.8) is 0 Å². The summed E-state index contributed by atoms with van der Waals surface area (Å²) in [4.78, 5) is 14.2. The van der Waals surface area contributed by atoms with Crippen LogP contribution in [0, 0.1) is 16.7 Å². The van der Waals surface area contributed by atoms with E-state index < -0.39 is 5.41 Å². The molecule has 0 aliphatic carbocycles. The molecule has 0 bridgehead atoms. The predicted octanol–water partition coefficient (Wildman–Crippen LogP) is 1.53. The van der Waals surface area contributed by atoms with Crippen molar-refractivity contribution in [2.24, 2.45) is 5.41 Å². The van der Waals surface area contributed by atoms with E-state index in [0.29, 0.717) is 13.0 Å². The van der Waals surface area contributed by atoms with Crippen LogP contribution in [0.15, 0.2) is 0 Å². The quantitative estimate of drug-likeness (QED) is 0.713. The van der Waals surface area contributed by atoms with E-state index >= 15 is 0 Å². The zero-order chi connectivity index (χ0) is 12.7. The highest BCUT2D eigenvalue weighted by atomic mass is 16.2. The van der Waals surface area contributed by atoms with Crippen LogP contribution < -0.4 is 5.32 Å². The monoisotopic (exact) mass is 237 g/mol. The molecule has 4 nitrogen and oxygen atoms in total. The average Bonchev–Trinajstić information content (AvgIpc) is 2.86. The second-order valence-electron chi connectivity index (χ2n) is 4.96. The first-order valence-corrected chi connectivity index (χ1v) is 6.54. The molecule has 1 aliphatic rings. The highest BCUT2D eigenvalue weighted by Crippen LogP contribution is 2.19. The number of nitrogens with one attached hydrogen (secondary N) is 1. The summed E-state index contributed by atoms with van der Waals surface area (Å²) in [6.07, 6.45) is 4.13. The first-order chi connectivity index (χ1) is 8.12. The summed E-state index contributed by atoms with van der Waals surface area (Å²) in [5.74, 6) is -0.135. The molecular formula is C13H23N3O. The van der Waals surface area contributed by atoms with Crippen LogP contribution >= 0.6 is 0 Å². The lowest BCUT2D eigenvalue weighted by Crippen LogP contribution is -2.38. The van der Waals surface area contributed by atoms with Gasteiger partial charge in [0.15, 0.2) is 0 Å². The van der Waals surface area contributed by atoms with Crippen LogP contribution in [0.5, 0.6) is 0 Å². The molecule has 1 fully saturated rings. The number of likely N-dealkylation sites (tertiary alicyclic amines) is 1. The minimum Gasteiger partial charge on any atom is -0.355 e. The van der Waals surface area contributed by atoms with Crippen LogP contribution in [0.1, 0.15) is 39.5 Å². The first kappa shape index (κ1) is 14.0. The molecule has 0 aromatic carbocycles. The van der Waals surface area contributed by atoms with Crippen LogP contribution in [-0.2, 0) is 4.79 Å². The minimum atomic E-state index is -0.867. The molecule has 96 valence electrons. The van der Waals surface area contributed by atoms with Gasteiger partial charge in [-0.25, -0.2) is 0 Å². The van der Waals surface area contributed by atoms with Crippen LogP contribution in [0.3, 0.4) is 0 Å². The second-order valence-corrected chi connectivity index (χ2v) is 4.96. The zero-order valence-corrected chi connectivity index (χ0v) is 11.0. The summed E-state index contributed by atoms with van der Waals surface area (Å²) < 4.78 is 0. The van der Waals surface area contributed by atoms with Gasteiger partial charge in [-0.1, -0.05) is 6.92 Å². The maximum atomic E-state index is 11.8. The third kappa shape index (κ3) is 4.01. The van der Waals surface area contributed by atoms with Gasteiger partial charge in [-0.15, -0.1) is 0 Å². The molecule has 1 saturated heterocycles. The number of hydrogen-bond donors (Lipinski definition) is 1. The van der Waals surface area contributed by atoms with Crippen LogP contribution in [0.25, 0.3) is 0 Å². The summed E-state index contributed by atoms with van der Waals surface area (Å²) in [7, 11) is 0. The average molecular weight is 237 g/mol. The number of carbonyl (C=O) groups excluding carboxylic acids is 1. The summed E-state index contributed by atoms with van der Waals surface area (Å²) in [6, 6.07) is 2.09. The fourth-order valence-corrected chi connectivity index (χ4v) is 2.00. The molecule has 0 radical (unpaired) electrons. The Morgan fingerprint density at radius 2 is 2.12 bits per heavy atom. The Bertz CT molecular complexity index is 292. The van der Waals surface area contributed by atoms with Gasteiger partial charge in [0.05, 0.1) is 6.07 Å². The van der Waals surface area contributed by atoms with Crippen LogP contribution in [0.2, 0.25) is 0 Å². The van der Waals surface area contributed by atoms with Crippen molar-refractivity contribution in [2.75, 3.05) is 26.2 Å². The molecule has 1 heterocycles. The van der Waals surface area contributed by atoms with E-state index in [4.69, 9.17) is 5.26 Å². The van der Waals surface area contributed by atoms with Crippen molar-refractivity contribution in [1.82, 2.24) is 10.2 Å². The van der Waals surface area contributed by atoms with E-state index in [1.165, 1.54) is 25.9 Å². The Kier molecular flexibility index (Phi) is 5.43. The lowest BCUT2D eigenvalue weighted by Gasteiger charge is -2.19. The van der Waals surface area contributed by atoms with Crippen molar-refractivity contribution in [3.8, 4) is 6.07 Å². The van der Waals surface area contributed by atoms with Crippen molar-refractivity contribution in [3.05, 3.63) is 0 Å². The van der Waals surface area contributed by atoms with Crippen molar-refractivity contribution in [1.29, 1.82) is 5.26 Å². The molecule has 1 atom stereocenters. The minimum absolute atomic E-state index is 0.135. The molecule has 17 heavy (non-hydrogen) atoms. The molecule has 4 heteroatoms. The van der Waals surface area contributed by atoms with E-state index in [1.54, 1.807) is 6.92 Å². The predicted molar refractivity (Wildman–Crippen MR) is 67.3 cm³/mol. The van der Waals surface area contributed by atoms with Crippen molar-refractivity contribution < 1.29 is 4.79 Å². The Balaban J connectivity index is 2.17. The molecule has 0 saturated carbocycles. The fourth-order valence-electron chi connectivity index (χ4n) is 2.00. The molecule has 1 unspecified atom stereocenters. The molecule has 0 aromatic rings. The number of hydrogen-bond acceptors (Lipinski definition) is 3. The number of carbonyl (C=O) groups is 1. The maximum Gasteiger partial charge on any atom is 0.240 e. The third-order valence-corrected chi connectivity index (χ3v) is 3.59. The van der Waals surface area contributed by atoms with Gasteiger partial charge in [0.2, 0.25) is 5.91 Å². The van der Waals surface area contributed by atoms with Gasteiger partial charge in [-0.05, 0) is 52.2 Å². The van der Waals surface area contributed by atoms with Crippen molar-refractivity contribution >= 4 is 5.91 Å². The van der Waals surface area contributed by atoms with E-state index in [-0.39, 0.29) is 5.91 Å². The Hall–Kier alpha value is -1.08. The normalized spacial score (nSPS) is 19.6. The molecule has 1 N–H and O–H groups in total. The maximum absolute atomic E-state index is 11.8. The number of nitrogens with zero attached hydrogens (tertiary/aromatic N) is 2. The van der Waals surface area contributed by atoms with Gasteiger partial charge in [0.1, 0.15) is 5.41 Å². The summed E-state index contributed by atoms with van der Waals surface area (Å²) >= 11 is 0. The Morgan fingerprint density at radius 1 is 1.47 bits per heavy atom. The largest absolute Gasteiger partial charge is 0.355 e. The highest BCUT2D eigenvalue weighted by Gasteiger charge is 2.30. The molecule has 0 aromatic heterocycles. The van der Waals surface area contributed by atoms with Gasteiger partial charge in [0.25, 0.3) is 0 Å². The lowest BCUT2D eigenvalue weighted by atomic mass is 9.88. The first-order valence-electron chi connectivity index (χ1n) is 6.54. The Morgan fingerprint density at radius 3 is 2.65 bits per heavy atom. The Labute approximate surface area is 104 Å². The molecular weight excluding hydrogens is 214 g/mol. The topological polar surface area (TPSA) is 56.1 Å². The summed E-state index contributed by atoms with van der Waals surface area (Å²) in [5.41, 5.74) is -0.867. The van der Waals surface area contributed by atoms with Gasteiger partial charge >= 0.3 is 0 Å². The van der Waals surface area contributed by atoms with E-state index in [9.17, 15) is 4.79 Å². The van der Waals surface area contributed by atoms with Gasteiger partial charge in [0, 0.05) is 6.54 Å². The summed E-state index contributed by atoms with van der Waals surface area (Å²) in [5, 5.41) is 11.8. The van der Waals surface area contributed by atoms with Gasteiger partial charge in [-0.3, -0.25) is 4.79 Å². The number of amides is 1. The number of nitriles is 1. The lowest BCUT2D eigenvalue weighted by molar-refractivity contribution is -0.127. The van der Waals surface area contributed by atoms with E-state index in [2.05, 4.69) is 16.3 Å². The highest BCUT2D eigenvalue weighted by molar-refractivity contribution is 5.84. The fraction of sp³-hybridized carbons (Fsp3) is 0.846. The third-order valence-electron chi connectivity index (χ3n) is 3.59. The molecule has 1 aliphatic heterocycles. The molecule has 0 spiro atoms. The number of rotatable bonds is 6. The van der Waals surface area contributed by atoms with Gasteiger partial charge in [-0.2, -0.15) is 5.26 Å². The molecule has 1 rings (SSSR count). The van der Waals surface area contributed by atoms with Gasteiger partial charge < -0.3 is 10.2 Å². The molecule has 1 amide bonds. The van der Waals surface area contributed by atoms with E-state index in [0.717, 1.165) is 13.0 Å². The van der Waals surface area contributed by atoms with Crippen molar-refractivity contribution in [2.45, 2.75) is 39.5 Å². The summed E-state index contributed by atoms with van der Waals surface area (Å²) in [6.45, 7) is 7.68. The van der Waals surface area contributed by atoms with Crippen LogP contribution in [0.4, 0.5) is 0 Å². The standard InChI is InChI=1S/C13H23N3O/c1-3-13(2,11-14)12(17)15-7-6-10-16-8-4-5-9-16/h3-10H2,1-2H3,(H,15,17). The van der Waals surface area contributed by atoms with E-state index in [1.807, 2.05) is 6.92 Å². The SMILES string of the molecule is CCC(C)(C#N)C(=O)NCCCN1CCCC1. The second kappa shape index (κ2) is 6.61.